The van der Waals surface area contributed by atoms with Gasteiger partial charge in [0, 0.05) is 23.9 Å². The Hall–Kier alpha value is 0.270. The summed E-state index contributed by atoms with van der Waals surface area (Å²) in [6.07, 6.45) is 7.60. The maximum absolute atomic E-state index is 3.62. The third kappa shape index (κ3) is 5.79. The van der Waals surface area contributed by atoms with E-state index in [1.54, 1.807) is 0 Å². The van der Waals surface area contributed by atoms with Gasteiger partial charge in [-0.3, -0.25) is 0 Å². The first kappa shape index (κ1) is 13.3. The van der Waals surface area contributed by atoms with Crippen molar-refractivity contribution < 1.29 is 0 Å². The van der Waals surface area contributed by atoms with E-state index in [-0.39, 0.29) is 0 Å². The number of hydrogen-bond donors (Lipinski definition) is 2. The molecule has 3 atom stereocenters. The van der Waals surface area contributed by atoms with Crippen LogP contribution in [0.4, 0.5) is 0 Å². The summed E-state index contributed by atoms with van der Waals surface area (Å²) in [7, 11) is 0. The fourth-order valence-electron chi connectivity index (χ4n) is 2.09. The quantitative estimate of drug-likeness (QED) is 0.732. The van der Waals surface area contributed by atoms with E-state index in [1.807, 2.05) is 11.8 Å². The molecule has 1 heterocycles. The third-order valence-electron chi connectivity index (χ3n) is 3.21. The Balaban J connectivity index is 2.08. The highest BCUT2D eigenvalue weighted by Gasteiger charge is 2.15. The van der Waals surface area contributed by atoms with Gasteiger partial charge in [0.2, 0.25) is 0 Å². The van der Waals surface area contributed by atoms with Crippen LogP contribution in [0.1, 0.15) is 39.5 Å². The highest BCUT2D eigenvalue weighted by Crippen LogP contribution is 2.12. The smallest absolute Gasteiger partial charge is 0.0141 e. The van der Waals surface area contributed by atoms with E-state index in [0.29, 0.717) is 6.04 Å². The Morgan fingerprint density at radius 2 is 2.20 bits per heavy atom. The summed E-state index contributed by atoms with van der Waals surface area (Å²) >= 11 is 1.93. The maximum atomic E-state index is 3.62. The number of piperidine rings is 1. The second kappa shape index (κ2) is 7.53. The molecular formula is C12H26N2S. The average Bonchev–Trinajstić information content (AvgIpc) is 2.27. The lowest BCUT2D eigenvalue weighted by Crippen LogP contribution is -2.41. The molecule has 1 aliphatic rings. The SMILES string of the molecule is CSC(C)CNC(C)CC1CCCCN1. The second-order valence-corrected chi connectivity index (χ2v) is 6.01. The molecule has 3 unspecified atom stereocenters. The van der Waals surface area contributed by atoms with E-state index >= 15 is 0 Å². The summed E-state index contributed by atoms with van der Waals surface area (Å²) in [6.45, 7) is 6.94. The van der Waals surface area contributed by atoms with Crippen LogP contribution in [0, 0.1) is 0 Å². The zero-order valence-electron chi connectivity index (χ0n) is 10.4. The van der Waals surface area contributed by atoms with Crippen molar-refractivity contribution in [1.29, 1.82) is 0 Å². The first-order valence-corrected chi connectivity index (χ1v) is 7.50. The Morgan fingerprint density at radius 1 is 1.40 bits per heavy atom. The van der Waals surface area contributed by atoms with Crippen molar-refractivity contribution in [3.8, 4) is 0 Å². The van der Waals surface area contributed by atoms with E-state index in [4.69, 9.17) is 0 Å². The van der Waals surface area contributed by atoms with Gasteiger partial charge in [0.15, 0.2) is 0 Å². The van der Waals surface area contributed by atoms with Crippen LogP contribution in [0.15, 0.2) is 0 Å². The van der Waals surface area contributed by atoms with E-state index < -0.39 is 0 Å². The molecule has 1 fully saturated rings. The van der Waals surface area contributed by atoms with Gasteiger partial charge in [0.05, 0.1) is 0 Å². The minimum Gasteiger partial charge on any atom is -0.314 e. The lowest BCUT2D eigenvalue weighted by molar-refractivity contribution is 0.346. The summed E-state index contributed by atoms with van der Waals surface area (Å²) < 4.78 is 0. The molecule has 0 aromatic rings. The van der Waals surface area contributed by atoms with Gasteiger partial charge in [-0.2, -0.15) is 11.8 Å². The first-order chi connectivity index (χ1) is 7.22. The number of thioether (sulfide) groups is 1. The maximum Gasteiger partial charge on any atom is 0.0141 e. The summed E-state index contributed by atoms with van der Waals surface area (Å²) in [5, 5.41) is 7.95. The largest absolute Gasteiger partial charge is 0.314 e. The molecule has 0 spiro atoms. The van der Waals surface area contributed by atoms with E-state index in [1.165, 1.54) is 32.2 Å². The summed E-state index contributed by atoms with van der Waals surface area (Å²) in [4.78, 5) is 0. The first-order valence-electron chi connectivity index (χ1n) is 6.22. The van der Waals surface area contributed by atoms with E-state index in [0.717, 1.165) is 17.8 Å². The molecule has 0 radical (unpaired) electrons. The molecule has 3 heteroatoms. The van der Waals surface area contributed by atoms with Crippen molar-refractivity contribution in [3.05, 3.63) is 0 Å². The predicted octanol–water partition coefficient (Wildman–Crippen LogP) is 2.25. The molecule has 1 rings (SSSR count). The van der Waals surface area contributed by atoms with Gasteiger partial charge >= 0.3 is 0 Å². The molecule has 0 aromatic carbocycles. The number of hydrogen-bond acceptors (Lipinski definition) is 3. The lowest BCUT2D eigenvalue weighted by atomic mass is 9.99. The van der Waals surface area contributed by atoms with Crippen molar-refractivity contribution in [3.63, 3.8) is 0 Å². The minimum atomic E-state index is 0.648. The summed E-state index contributed by atoms with van der Waals surface area (Å²) in [6, 6.07) is 1.40. The van der Waals surface area contributed by atoms with E-state index in [9.17, 15) is 0 Å². The minimum absolute atomic E-state index is 0.648. The Morgan fingerprint density at radius 3 is 2.80 bits per heavy atom. The van der Waals surface area contributed by atoms with Crippen LogP contribution < -0.4 is 10.6 Å². The third-order valence-corrected chi connectivity index (χ3v) is 4.18. The molecule has 2 N–H and O–H groups in total. The van der Waals surface area contributed by atoms with E-state index in [2.05, 4.69) is 30.7 Å². The van der Waals surface area contributed by atoms with Crippen LogP contribution in [-0.2, 0) is 0 Å². The summed E-state index contributed by atoms with van der Waals surface area (Å²) in [5.41, 5.74) is 0. The van der Waals surface area contributed by atoms with Gasteiger partial charge in [-0.25, -0.2) is 0 Å². The van der Waals surface area contributed by atoms with Crippen molar-refractivity contribution >= 4 is 11.8 Å². The predicted molar refractivity (Wildman–Crippen MR) is 70.7 cm³/mol. The van der Waals surface area contributed by atoms with Crippen molar-refractivity contribution in [1.82, 2.24) is 10.6 Å². The number of nitrogens with one attached hydrogen (secondary N) is 2. The van der Waals surface area contributed by atoms with Gasteiger partial charge in [-0.05, 0) is 39.0 Å². The average molecular weight is 230 g/mol. The van der Waals surface area contributed by atoms with Crippen molar-refractivity contribution in [2.45, 2.75) is 56.9 Å². The Bertz CT molecular complexity index is 158. The summed E-state index contributed by atoms with van der Waals surface area (Å²) in [5.74, 6) is 0. The topological polar surface area (TPSA) is 24.1 Å². The molecule has 0 aromatic heterocycles. The van der Waals surface area contributed by atoms with Crippen LogP contribution in [0.5, 0.6) is 0 Å². The molecule has 90 valence electrons. The van der Waals surface area contributed by atoms with Crippen LogP contribution >= 0.6 is 11.8 Å². The van der Waals surface area contributed by atoms with Gasteiger partial charge in [0.1, 0.15) is 0 Å². The Labute approximate surface area is 99.0 Å². The molecule has 0 bridgehead atoms. The molecule has 15 heavy (non-hydrogen) atoms. The molecule has 0 aliphatic carbocycles. The molecule has 1 aliphatic heterocycles. The zero-order valence-corrected chi connectivity index (χ0v) is 11.2. The normalized spacial score (nSPS) is 26.2. The molecule has 2 nitrogen and oxygen atoms in total. The second-order valence-electron chi connectivity index (χ2n) is 4.74. The fraction of sp³-hybridized carbons (Fsp3) is 1.00. The van der Waals surface area contributed by atoms with Gasteiger partial charge < -0.3 is 10.6 Å². The fourth-order valence-corrected chi connectivity index (χ4v) is 2.35. The van der Waals surface area contributed by atoms with Crippen LogP contribution in [0.25, 0.3) is 0 Å². The van der Waals surface area contributed by atoms with Crippen LogP contribution in [0.3, 0.4) is 0 Å². The standard InChI is InChI=1S/C12H26N2S/c1-10(14-9-11(2)15-3)8-12-6-4-5-7-13-12/h10-14H,4-9H2,1-3H3. The van der Waals surface area contributed by atoms with Crippen molar-refractivity contribution in [2.75, 3.05) is 19.3 Å². The van der Waals surface area contributed by atoms with Gasteiger partial charge in [-0.15, -0.1) is 0 Å². The van der Waals surface area contributed by atoms with Crippen molar-refractivity contribution in [2.24, 2.45) is 0 Å². The molecule has 0 saturated carbocycles. The Kier molecular flexibility index (Phi) is 6.69. The number of rotatable bonds is 6. The zero-order chi connectivity index (χ0) is 11.1. The molecule has 1 saturated heterocycles. The van der Waals surface area contributed by atoms with Gasteiger partial charge in [0.25, 0.3) is 0 Å². The van der Waals surface area contributed by atoms with Crippen LogP contribution in [0.2, 0.25) is 0 Å². The highest BCUT2D eigenvalue weighted by atomic mass is 32.2. The monoisotopic (exact) mass is 230 g/mol. The van der Waals surface area contributed by atoms with Crippen LogP contribution in [-0.4, -0.2) is 36.7 Å². The molecular weight excluding hydrogens is 204 g/mol. The highest BCUT2D eigenvalue weighted by molar-refractivity contribution is 7.99. The molecule has 0 amide bonds. The van der Waals surface area contributed by atoms with Gasteiger partial charge in [-0.1, -0.05) is 13.3 Å². The lowest BCUT2D eigenvalue weighted by Gasteiger charge is -2.27.